The van der Waals surface area contributed by atoms with Crippen molar-refractivity contribution in [1.82, 2.24) is 4.98 Å². The Bertz CT molecular complexity index is 1040. The number of primary sulfonamides is 1. The highest BCUT2D eigenvalue weighted by Gasteiger charge is 2.18. The summed E-state index contributed by atoms with van der Waals surface area (Å²) in [6.07, 6.45) is 0. The van der Waals surface area contributed by atoms with E-state index in [1.807, 2.05) is 31.2 Å². The Hall–Kier alpha value is -2.15. The van der Waals surface area contributed by atoms with Crippen molar-refractivity contribution in [3.05, 3.63) is 64.3 Å². The molecule has 23 heavy (non-hydrogen) atoms. The standard InChI is InChI=1S/C16H14ClN3O2S/c1-9-15(11-4-2-3-5-13(11)20-9)16(18)10-6-7-12(17)14(8-10)23(19,21)22/h2-8,18,20H,1H3,(H2,19,21,22). The van der Waals surface area contributed by atoms with Crippen molar-refractivity contribution in [2.75, 3.05) is 0 Å². The van der Waals surface area contributed by atoms with Crippen LogP contribution < -0.4 is 5.14 Å². The maximum Gasteiger partial charge on any atom is 0.239 e. The summed E-state index contributed by atoms with van der Waals surface area (Å²) in [6.45, 7) is 1.88. The van der Waals surface area contributed by atoms with E-state index < -0.39 is 10.0 Å². The van der Waals surface area contributed by atoms with Crippen LogP contribution >= 0.6 is 11.6 Å². The van der Waals surface area contributed by atoms with Crippen molar-refractivity contribution in [3.63, 3.8) is 0 Å². The van der Waals surface area contributed by atoms with Gasteiger partial charge in [-0.25, -0.2) is 13.6 Å². The van der Waals surface area contributed by atoms with Gasteiger partial charge in [0.25, 0.3) is 0 Å². The number of nitrogens with one attached hydrogen (secondary N) is 2. The highest BCUT2D eigenvalue weighted by atomic mass is 35.5. The van der Waals surface area contributed by atoms with Crippen molar-refractivity contribution in [3.8, 4) is 0 Å². The predicted molar refractivity (Wildman–Crippen MR) is 91.8 cm³/mol. The third-order valence-corrected chi connectivity index (χ3v) is 5.06. The molecule has 4 N–H and O–H groups in total. The second-order valence-electron chi connectivity index (χ2n) is 5.24. The molecule has 0 aliphatic carbocycles. The number of H-pyrrole nitrogens is 1. The molecular weight excluding hydrogens is 334 g/mol. The molecule has 0 aliphatic heterocycles. The van der Waals surface area contributed by atoms with Crippen molar-refractivity contribution in [1.29, 1.82) is 5.41 Å². The number of hydrogen-bond acceptors (Lipinski definition) is 3. The number of rotatable bonds is 3. The summed E-state index contributed by atoms with van der Waals surface area (Å²) < 4.78 is 23.2. The fourth-order valence-corrected chi connectivity index (χ4v) is 3.69. The van der Waals surface area contributed by atoms with Gasteiger partial charge in [-0.1, -0.05) is 35.9 Å². The summed E-state index contributed by atoms with van der Waals surface area (Å²) in [6, 6.07) is 12.0. The number of hydrogen-bond donors (Lipinski definition) is 3. The van der Waals surface area contributed by atoms with Crippen molar-refractivity contribution < 1.29 is 8.42 Å². The van der Waals surface area contributed by atoms with E-state index in [4.69, 9.17) is 22.1 Å². The van der Waals surface area contributed by atoms with Crippen molar-refractivity contribution in [2.24, 2.45) is 5.14 Å². The van der Waals surface area contributed by atoms with Crippen LogP contribution in [0.4, 0.5) is 0 Å². The van der Waals surface area contributed by atoms with Gasteiger partial charge in [0.15, 0.2) is 0 Å². The lowest BCUT2D eigenvalue weighted by molar-refractivity contribution is 0.598. The molecule has 0 radical (unpaired) electrons. The largest absolute Gasteiger partial charge is 0.358 e. The number of halogens is 1. The van der Waals surface area contributed by atoms with Crippen LogP contribution in [0.25, 0.3) is 10.9 Å². The molecular formula is C16H14ClN3O2S. The Morgan fingerprint density at radius 3 is 2.61 bits per heavy atom. The lowest BCUT2D eigenvalue weighted by atomic mass is 10.00. The Morgan fingerprint density at radius 2 is 1.91 bits per heavy atom. The Kier molecular flexibility index (Phi) is 3.75. The average molecular weight is 348 g/mol. The molecule has 118 valence electrons. The first-order chi connectivity index (χ1) is 10.8. The zero-order valence-corrected chi connectivity index (χ0v) is 13.8. The zero-order chi connectivity index (χ0) is 16.8. The Morgan fingerprint density at radius 1 is 1.22 bits per heavy atom. The van der Waals surface area contributed by atoms with Gasteiger partial charge in [-0.15, -0.1) is 0 Å². The quantitative estimate of drug-likeness (QED) is 0.634. The number of aromatic nitrogens is 1. The lowest BCUT2D eigenvalue weighted by Gasteiger charge is -2.08. The molecule has 7 heteroatoms. The average Bonchev–Trinajstić information content (AvgIpc) is 2.81. The van der Waals surface area contributed by atoms with Gasteiger partial charge >= 0.3 is 0 Å². The van der Waals surface area contributed by atoms with Crippen LogP contribution in [0.5, 0.6) is 0 Å². The summed E-state index contributed by atoms with van der Waals surface area (Å²) in [5, 5.41) is 14.6. The molecule has 0 fully saturated rings. The van der Waals surface area contributed by atoms with E-state index >= 15 is 0 Å². The molecule has 5 nitrogen and oxygen atoms in total. The van der Waals surface area contributed by atoms with Gasteiger partial charge in [-0.3, -0.25) is 5.41 Å². The van der Waals surface area contributed by atoms with Gasteiger partial charge < -0.3 is 4.98 Å². The van der Waals surface area contributed by atoms with Gasteiger partial charge in [-0.2, -0.15) is 0 Å². The maximum absolute atomic E-state index is 11.6. The fraction of sp³-hybridized carbons (Fsp3) is 0.0625. The smallest absolute Gasteiger partial charge is 0.239 e. The molecule has 3 rings (SSSR count). The highest BCUT2D eigenvalue weighted by molar-refractivity contribution is 7.89. The van der Waals surface area contributed by atoms with Crippen LogP contribution in [-0.2, 0) is 10.0 Å². The van der Waals surface area contributed by atoms with Crippen LogP contribution in [0.3, 0.4) is 0 Å². The number of aromatic amines is 1. The number of sulfonamides is 1. The van der Waals surface area contributed by atoms with Crippen LogP contribution in [0.1, 0.15) is 16.8 Å². The normalized spacial score (nSPS) is 11.8. The summed E-state index contributed by atoms with van der Waals surface area (Å²) in [7, 11) is -3.95. The zero-order valence-electron chi connectivity index (χ0n) is 12.2. The number of para-hydroxylation sites is 1. The minimum atomic E-state index is -3.95. The Balaban J connectivity index is 2.19. The molecule has 1 heterocycles. The van der Waals surface area contributed by atoms with Gasteiger partial charge in [0.05, 0.1) is 10.7 Å². The molecule has 0 unspecified atom stereocenters. The molecule has 0 spiro atoms. The van der Waals surface area contributed by atoms with E-state index in [1.165, 1.54) is 12.1 Å². The minimum Gasteiger partial charge on any atom is -0.358 e. The van der Waals surface area contributed by atoms with E-state index in [0.29, 0.717) is 5.56 Å². The highest BCUT2D eigenvalue weighted by Crippen LogP contribution is 2.27. The van der Waals surface area contributed by atoms with Crippen molar-refractivity contribution in [2.45, 2.75) is 11.8 Å². The number of fused-ring (bicyclic) bond motifs is 1. The van der Waals surface area contributed by atoms with Gasteiger partial charge in [0.2, 0.25) is 10.0 Å². The third-order valence-electron chi connectivity index (χ3n) is 3.67. The minimum absolute atomic E-state index is 0.0414. The first-order valence-corrected chi connectivity index (χ1v) is 8.70. The van der Waals surface area contributed by atoms with Crippen LogP contribution in [0, 0.1) is 12.3 Å². The number of benzene rings is 2. The first kappa shape index (κ1) is 15.7. The van der Waals surface area contributed by atoms with Gasteiger partial charge in [0, 0.05) is 27.7 Å². The molecule has 0 aliphatic rings. The van der Waals surface area contributed by atoms with Crippen molar-refractivity contribution >= 4 is 38.2 Å². The van der Waals surface area contributed by atoms with Gasteiger partial charge in [0.1, 0.15) is 4.90 Å². The number of aryl methyl sites for hydroxylation is 1. The van der Waals surface area contributed by atoms with Crippen LogP contribution in [0.15, 0.2) is 47.4 Å². The SMILES string of the molecule is Cc1[nH]c2ccccc2c1C(=N)c1ccc(Cl)c(S(N)(=O)=O)c1. The monoisotopic (exact) mass is 347 g/mol. The molecule has 0 bridgehead atoms. The first-order valence-electron chi connectivity index (χ1n) is 6.78. The van der Waals surface area contributed by atoms with E-state index in [-0.39, 0.29) is 15.6 Å². The second-order valence-corrected chi connectivity index (χ2v) is 7.17. The van der Waals surface area contributed by atoms with Crippen LogP contribution in [-0.4, -0.2) is 19.1 Å². The summed E-state index contributed by atoms with van der Waals surface area (Å²) in [5.41, 5.74) is 3.13. The van der Waals surface area contributed by atoms with Gasteiger partial charge in [-0.05, 0) is 25.1 Å². The maximum atomic E-state index is 11.6. The summed E-state index contributed by atoms with van der Waals surface area (Å²) in [4.78, 5) is 3.04. The summed E-state index contributed by atoms with van der Waals surface area (Å²) in [5.74, 6) is 0. The molecule has 0 saturated heterocycles. The molecule has 0 atom stereocenters. The molecule has 2 aromatic carbocycles. The van der Waals surface area contributed by atoms with E-state index in [0.717, 1.165) is 22.2 Å². The molecule has 0 amide bonds. The number of nitrogens with two attached hydrogens (primary N) is 1. The molecule has 1 aromatic heterocycles. The predicted octanol–water partition coefficient (Wildman–Crippen LogP) is 3.19. The van der Waals surface area contributed by atoms with E-state index in [1.54, 1.807) is 6.07 Å². The Labute approximate surface area is 138 Å². The topological polar surface area (TPSA) is 99.8 Å². The lowest BCUT2D eigenvalue weighted by Crippen LogP contribution is -2.14. The van der Waals surface area contributed by atoms with E-state index in [9.17, 15) is 8.42 Å². The van der Waals surface area contributed by atoms with E-state index in [2.05, 4.69) is 4.98 Å². The molecule has 3 aromatic rings. The summed E-state index contributed by atoms with van der Waals surface area (Å²) >= 11 is 5.90. The second kappa shape index (κ2) is 5.49. The molecule has 0 saturated carbocycles. The third kappa shape index (κ3) is 2.76. The van der Waals surface area contributed by atoms with Crippen LogP contribution in [0.2, 0.25) is 5.02 Å². The fourth-order valence-electron chi connectivity index (χ4n) is 2.62.